The molecule has 0 saturated carbocycles. The lowest BCUT2D eigenvalue weighted by atomic mass is 10.0. The lowest BCUT2D eigenvalue weighted by molar-refractivity contribution is -0.154. The van der Waals surface area contributed by atoms with Crippen LogP contribution in [0.3, 0.4) is 0 Å². The topological polar surface area (TPSA) is 38.7 Å². The lowest BCUT2D eigenvalue weighted by Gasteiger charge is -2.21. The van der Waals surface area contributed by atoms with Crippen LogP contribution in [0.5, 0.6) is 0 Å². The molecule has 0 unspecified atom stereocenters. The predicted octanol–water partition coefficient (Wildman–Crippen LogP) is 3.87. The number of hydrogen-bond donors (Lipinski definition) is 0. The summed E-state index contributed by atoms with van der Waals surface area (Å²) < 4.78 is 5.37. The van der Waals surface area contributed by atoms with Crippen LogP contribution in [0.25, 0.3) is 0 Å². The van der Waals surface area contributed by atoms with Crippen LogP contribution in [0.4, 0.5) is 0 Å². The first-order chi connectivity index (χ1) is 11.4. The number of terminal acetylenes is 1. The number of nitrogens with zero attached hydrogens (tertiary/aromatic N) is 1. The molecule has 0 bridgehead atoms. The van der Waals surface area contributed by atoms with Crippen LogP contribution in [0, 0.1) is 12.3 Å². The van der Waals surface area contributed by atoms with Crippen molar-refractivity contribution in [1.29, 1.82) is 0 Å². The van der Waals surface area contributed by atoms with Crippen molar-refractivity contribution in [2.24, 2.45) is 4.99 Å². The van der Waals surface area contributed by atoms with Crippen LogP contribution >= 0.6 is 0 Å². The molecule has 0 spiro atoms. The minimum Gasteiger partial charge on any atom is -0.458 e. The summed E-state index contributed by atoms with van der Waals surface area (Å²) >= 11 is 0. The highest BCUT2D eigenvalue weighted by atomic mass is 16.6. The van der Waals surface area contributed by atoms with Gasteiger partial charge in [0.2, 0.25) is 6.04 Å². The average molecular weight is 319 g/mol. The predicted molar refractivity (Wildman–Crippen MR) is 97.0 cm³/mol. The Morgan fingerprint density at radius 1 is 1.00 bits per heavy atom. The van der Waals surface area contributed by atoms with E-state index in [0.29, 0.717) is 5.71 Å². The SMILES string of the molecule is C#C[C@H](N=C(c1ccccc1)c1ccccc1)C(=O)OC(C)(C)C. The molecule has 2 aromatic carbocycles. The third-order valence-electron chi connectivity index (χ3n) is 3.14. The molecule has 0 aliphatic rings. The molecule has 24 heavy (non-hydrogen) atoms. The Kier molecular flexibility index (Phi) is 5.55. The molecule has 0 aliphatic carbocycles. The minimum absolute atomic E-state index is 0.519. The van der Waals surface area contributed by atoms with E-state index in [-0.39, 0.29) is 0 Å². The van der Waals surface area contributed by atoms with Crippen LogP contribution < -0.4 is 0 Å². The Morgan fingerprint density at radius 2 is 1.46 bits per heavy atom. The molecule has 0 aromatic heterocycles. The molecule has 2 aromatic rings. The van der Waals surface area contributed by atoms with Crippen LogP contribution in [0.1, 0.15) is 31.9 Å². The number of hydrogen-bond acceptors (Lipinski definition) is 3. The van der Waals surface area contributed by atoms with Crippen molar-refractivity contribution in [3.8, 4) is 12.3 Å². The van der Waals surface area contributed by atoms with E-state index >= 15 is 0 Å². The second-order valence-corrected chi connectivity index (χ2v) is 6.31. The highest BCUT2D eigenvalue weighted by Gasteiger charge is 2.24. The second-order valence-electron chi connectivity index (χ2n) is 6.31. The average Bonchev–Trinajstić information content (AvgIpc) is 2.56. The van der Waals surface area contributed by atoms with Crippen molar-refractivity contribution in [3.63, 3.8) is 0 Å². The van der Waals surface area contributed by atoms with E-state index in [1.807, 2.05) is 60.7 Å². The van der Waals surface area contributed by atoms with Gasteiger partial charge in [0.1, 0.15) is 5.60 Å². The van der Waals surface area contributed by atoms with E-state index in [9.17, 15) is 4.79 Å². The zero-order chi connectivity index (χ0) is 17.6. The Morgan fingerprint density at radius 3 is 1.83 bits per heavy atom. The Balaban J connectivity index is 2.44. The van der Waals surface area contributed by atoms with Crippen molar-refractivity contribution in [2.45, 2.75) is 32.4 Å². The van der Waals surface area contributed by atoms with Gasteiger partial charge in [-0.2, -0.15) is 0 Å². The van der Waals surface area contributed by atoms with Gasteiger partial charge in [0.25, 0.3) is 0 Å². The van der Waals surface area contributed by atoms with Crippen LogP contribution in [-0.2, 0) is 9.53 Å². The first-order valence-electron chi connectivity index (χ1n) is 7.78. The van der Waals surface area contributed by atoms with Crippen LogP contribution in [-0.4, -0.2) is 23.3 Å². The van der Waals surface area contributed by atoms with Crippen molar-refractivity contribution in [3.05, 3.63) is 71.8 Å². The molecule has 0 radical (unpaired) electrons. The van der Waals surface area contributed by atoms with Crippen LogP contribution in [0.15, 0.2) is 65.7 Å². The number of benzene rings is 2. The molecular weight excluding hydrogens is 298 g/mol. The Bertz CT molecular complexity index is 708. The fourth-order valence-electron chi connectivity index (χ4n) is 2.15. The molecule has 3 heteroatoms. The number of rotatable bonds is 4. The fraction of sp³-hybridized carbons (Fsp3) is 0.238. The lowest BCUT2D eigenvalue weighted by Crippen LogP contribution is -2.31. The highest BCUT2D eigenvalue weighted by Crippen LogP contribution is 2.14. The van der Waals surface area contributed by atoms with Crippen molar-refractivity contribution in [2.75, 3.05) is 0 Å². The smallest absolute Gasteiger partial charge is 0.343 e. The molecule has 122 valence electrons. The maximum atomic E-state index is 12.3. The third-order valence-corrected chi connectivity index (χ3v) is 3.14. The second kappa shape index (κ2) is 7.61. The number of aliphatic imine (C=N–C) groups is 1. The number of carbonyl (C=O) groups excluding carboxylic acids is 1. The molecule has 3 nitrogen and oxygen atoms in total. The van der Waals surface area contributed by atoms with E-state index in [4.69, 9.17) is 11.2 Å². The Labute approximate surface area is 143 Å². The highest BCUT2D eigenvalue weighted by molar-refractivity contribution is 6.13. The summed E-state index contributed by atoms with van der Waals surface area (Å²) in [6, 6.07) is 18.3. The third kappa shape index (κ3) is 4.82. The zero-order valence-corrected chi connectivity index (χ0v) is 14.2. The first-order valence-corrected chi connectivity index (χ1v) is 7.78. The van der Waals surface area contributed by atoms with E-state index in [1.165, 1.54) is 0 Å². The molecule has 0 aliphatic heterocycles. The normalized spacial score (nSPS) is 11.9. The minimum atomic E-state index is -0.986. The standard InChI is InChI=1S/C21H21NO2/c1-5-18(20(23)24-21(2,3)4)22-19(16-12-8-6-9-13-16)17-14-10-7-11-15-17/h1,6-15,18H,2-4H3/t18-/m0/s1. The van der Waals surface area contributed by atoms with E-state index in [1.54, 1.807) is 20.8 Å². The van der Waals surface area contributed by atoms with Gasteiger partial charge in [-0.15, -0.1) is 6.42 Å². The zero-order valence-electron chi connectivity index (χ0n) is 14.2. The van der Waals surface area contributed by atoms with E-state index < -0.39 is 17.6 Å². The van der Waals surface area contributed by atoms with Gasteiger partial charge < -0.3 is 4.74 Å². The summed E-state index contributed by atoms with van der Waals surface area (Å²) in [4.78, 5) is 16.8. The molecule has 0 heterocycles. The molecule has 0 N–H and O–H groups in total. The van der Waals surface area contributed by atoms with E-state index in [0.717, 1.165) is 11.1 Å². The van der Waals surface area contributed by atoms with Gasteiger partial charge in [-0.25, -0.2) is 4.79 Å². The van der Waals surface area contributed by atoms with Gasteiger partial charge in [0, 0.05) is 11.1 Å². The summed E-state index contributed by atoms with van der Waals surface area (Å²) in [5.74, 6) is 1.91. The maximum absolute atomic E-state index is 12.3. The van der Waals surface area contributed by atoms with Gasteiger partial charge >= 0.3 is 5.97 Å². The van der Waals surface area contributed by atoms with Gasteiger partial charge in [0.05, 0.1) is 5.71 Å². The fourth-order valence-corrected chi connectivity index (χ4v) is 2.15. The molecule has 1 atom stereocenters. The summed E-state index contributed by atoms with van der Waals surface area (Å²) in [6.45, 7) is 5.41. The number of ether oxygens (including phenoxy) is 1. The molecule has 0 amide bonds. The van der Waals surface area contributed by atoms with Crippen molar-refractivity contribution in [1.82, 2.24) is 0 Å². The number of esters is 1. The van der Waals surface area contributed by atoms with Crippen molar-refractivity contribution >= 4 is 11.7 Å². The Hall–Kier alpha value is -2.86. The molecule has 0 fully saturated rings. The summed E-state index contributed by atoms with van der Waals surface area (Å²) in [6.07, 6.45) is 5.54. The largest absolute Gasteiger partial charge is 0.458 e. The van der Waals surface area contributed by atoms with Crippen LogP contribution in [0.2, 0.25) is 0 Å². The van der Waals surface area contributed by atoms with Gasteiger partial charge in [-0.05, 0) is 20.8 Å². The molecule has 0 saturated heterocycles. The number of carbonyl (C=O) groups is 1. The first kappa shape index (κ1) is 17.5. The molecular formula is C21H21NO2. The molecule has 2 rings (SSSR count). The monoisotopic (exact) mass is 319 g/mol. The maximum Gasteiger partial charge on any atom is 0.343 e. The van der Waals surface area contributed by atoms with Crippen molar-refractivity contribution < 1.29 is 9.53 Å². The summed E-state index contributed by atoms with van der Waals surface area (Å²) in [5, 5.41) is 0. The summed E-state index contributed by atoms with van der Waals surface area (Å²) in [5.41, 5.74) is 1.85. The van der Waals surface area contributed by atoms with E-state index in [2.05, 4.69) is 10.9 Å². The summed E-state index contributed by atoms with van der Waals surface area (Å²) in [7, 11) is 0. The van der Waals surface area contributed by atoms with Gasteiger partial charge in [0.15, 0.2) is 0 Å². The van der Waals surface area contributed by atoms with Gasteiger partial charge in [-0.1, -0.05) is 66.6 Å². The van der Waals surface area contributed by atoms with Gasteiger partial charge in [-0.3, -0.25) is 4.99 Å². The quantitative estimate of drug-likeness (QED) is 0.487.